The molecule has 7 heteroatoms. The van der Waals surface area contributed by atoms with Crippen LogP contribution in [0.3, 0.4) is 0 Å². The number of hydrogen-bond donors (Lipinski definition) is 1. The Balaban J connectivity index is 1.39. The quantitative estimate of drug-likeness (QED) is 0.768. The van der Waals surface area contributed by atoms with Gasteiger partial charge in [0, 0.05) is 30.8 Å². The molecular formula is C20H23N5O2. The van der Waals surface area contributed by atoms with Crippen LogP contribution in [0.1, 0.15) is 40.7 Å². The van der Waals surface area contributed by atoms with Gasteiger partial charge in [-0.25, -0.2) is 4.68 Å². The third-order valence-corrected chi connectivity index (χ3v) is 5.05. The average molecular weight is 365 g/mol. The highest BCUT2D eigenvalue weighted by atomic mass is 16.3. The van der Waals surface area contributed by atoms with E-state index in [0.717, 1.165) is 35.6 Å². The molecule has 1 fully saturated rings. The molecule has 0 spiro atoms. The molecule has 1 aliphatic heterocycles. The molecule has 1 aliphatic rings. The van der Waals surface area contributed by atoms with E-state index in [0.29, 0.717) is 25.2 Å². The Morgan fingerprint density at radius 2 is 1.93 bits per heavy atom. The van der Waals surface area contributed by atoms with Crippen molar-refractivity contribution in [2.45, 2.75) is 32.4 Å². The first kappa shape index (κ1) is 17.5. The topological polar surface area (TPSA) is 90.2 Å². The summed E-state index contributed by atoms with van der Waals surface area (Å²) in [5.74, 6) is 1.76. The molecule has 0 atom stereocenters. The summed E-state index contributed by atoms with van der Waals surface area (Å²) in [6.45, 7) is 3.73. The molecule has 1 amide bonds. The number of benzene rings is 1. The van der Waals surface area contributed by atoms with Gasteiger partial charge in [-0.15, -0.1) is 5.10 Å². The van der Waals surface area contributed by atoms with Gasteiger partial charge in [0.05, 0.1) is 17.9 Å². The summed E-state index contributed by atoms with van der Waals surface area (Å²) in [5, 5.41) is 8.20. The Morgan fingerprint density at radius 3 is 2.52 bits per heavy atom. The van der Waals surface area contributed by atoms with Crippen LogP contribution in [-0.2, 0) is 6.54 Å². The minimum absolute atomic E-state index is 0.0665. The molecule has 1 aromatic carbocycles. The van der Waals surface area contributed by atoms with Gasteiger partial charge < -0.3 is 15.1 Å². The van der Waals surface area contributed by atoms with Gasteiger partial charge in [0.15, 0.2) is 0 Å². The first-order valence-electron chi connectivity index (χ1n) is 9.21. The lowest BCUT2D eigenvalue weighted by molar-refractivity contribution is 0.0689. The SMILES string of the molecule is Cc1ccc(-c2ccc(C(=O)N3CCC(n4cc(CN)nn4)CC3)cc2)o1. The van der Waals surface area contributed by atoms with Crippen molar-refractivity contribution < 1.29 is 9.21 Å². The maximum absolute atomic E-state index is 12.8. The van der Waals surface area contributed by atoms with Crippen LogP contribution >= 0.6 is 0 Å². The second-order valence-electron chi connectivity index (χ2n) is 6.91. The molecule has 0 aliphatic carbocycles. The monoisotopic (exact) mass is 365 g/mol. The van der Waals surface area contributed by atoms with Gasteiger partial charge in [-0.1, -0.05) is 17.3 Å². The Hall–Kier alpha value is -2.93. The molecule has 0 bridgehead atoms. The van der Waals surface area contributed by atoms with Crippen molar-refractivity contribution in [2.75, 3.05) is 13.1 Å². The van der Waals surface area contributed by atoms with Crippen molar-refractivity contribution in [3.05, 3.63) is 59.6 Å². The summed E-state index contributed by atoms with van der Waals surface area (Å²) in [5.41, 5.74) is 8.06. The van der Waals surface area contributed by atoms with E-state index < -0.39 is 0 Å². The largest absolute Gasteiger partial charge is 0.461 e. The number of carbonyl (C=O) groups excluding carboxylic acids is 1. The van der Waals surface area contributed by atoms with Crippen molar-refractivity contribution >= 4 is 5.91 Å². The zero-order valence-electron chi connectivity index (χ0n) is 15.3. The van der Waals surface area contributed by atoms with Crippen molar-refractivity contribution in [2.24, 2.45) is 5.73 Å². The maximum atomic E-state index is 12.8. The van der Waals surface area contributed by atoms with Crippen LogP contribution in [0.15, 0.2) is 47.0 Å². The van der Waals surface area contributed by atoms with Gasteiger partial charge in [0.2, 0.25) is 0 Å². The Kier molecular flexibility index (Phi) is 4.77. The molecule has 0 saturated carbocycles. The fourth-order valence-electron chi connectivity index (χ4n) is 3.47. The molecule has 140 valence electrons. The van der Waals surface area contributed by atoms with Crippen LogP contribution in [0, 0.1) is 6.92 Å². The van der Waals surface area contributed by atoms with Gasteiger partial charge in [0.1, 0.15) is 11.5 Å². The summed E-state index contributed by atoms with van der Waals surface area (Å²) in [4.78, 5) is 14.7. The number of piperidine rings is 1. The molecule has 0 radical (unpaired) electrons. The van der Waals surface area contributed by atoms with Gasteiger partial charge >= 0.3 is 0 Å². The van der Waals surface area contributed by atoms with Crippen LogP contribution < -0.4 is 5.73 Å². The van der Waals surface area contributed by atoms with Gasteiger partial charge in [-0.05, 0) is 44.0 Å². The number of likely N-dealkylation sites (tertiary alicyclic amines) is 1. The summed E-state index contributed by atoms with van der Waals surface area (Å²) in [7, 11) is 0. The van der Waals surface area contributed by atoms with Gasteiger partial charge in [-0.2, -0.15) is 0 Å². The third-order valence-electron chi connectivity index (χ3n) is 5.05. The number of aromatic nitrogens is 3. The van der Waals surface area contributed by atoms with E-state index in [4.69, 9.17) is 10.2 Å². The molecule has 3 heterocycles. The number of furan rings is 1. The number of aryl methyl sites for hydroxylation is 1. The van der Waals surface area contributed by atoms with Crippen LogP contribution in [0.5, 0.6) is 0 Å². The number of carbonyl (C=O) groups is 1. The van der Waals surface area contributed by atoms with Gasteiger partial charge in [0.25, 0.3) is 5.91 Å². The van der Waals surface area contributed by atoms with E-state index >= 15 is 0 Å². The second-order valence-corrected chi connectivity index (χ2v) is 6.91. The first-order valence-corrected chi connectivity index (χ1v) is 9.21. The van der Waals surface area contributed by atoms with E-state index in [-0.39, 0.29) is 11.9 Å². The maximum Gasteiger partial charge on any atom is 0.253 e. The third kappa shape index (κ3) is 3.64. The zero-order valence-corrected chi connectivity index (χ0v) is 15.3. The average Bonchev–Trinajstić information content (AvgIpc) is 3.37. The van der Waals surface area contributed by atoms with Crippen LogP contribution in [0.2, 0.25) is 0 Å². The lowest BCUT2D eigenvalue weighted by atomic mass is 10.0. The number of hydrogen-bond acceptors (Lipinski definition) is 5. The van der Waals surface area contributed by atoms with E-state index in [9.17, 15) is 4.79 Å². The van der Waals surface area contributed by atoms with Crippen LogP contribution in [-0.4, -0.2) is 38.9 Å². The summed E-state index contributed by atoms with van der Waals surface area (Å²) >= 11 is 0. The summed E-state index contributed by atoms with van der Waals surface area (Å²) in [6, 6.07) is 11.7. The molecule has 3 aromatic rings. The van der Waals surface area contributed by atoms with Crippen LogP contribution in [0.4, 0.5) is 0 Å². The highest BCUT2D eigenvalue weighted by Gasteiger charge is 2.25. The smallest absolute Gasteiger partial charge is 0.253 e. The predicted octanol–water partition coefficient (Wildman–Crippen LogP) is 2.78. The summed E-state index contributed by atoms with van der Waals surface area (Å²) < 4.78 is 7.51. The Morgan fingerprint density at radius 1 is 1.19 bits per heavy atom. The highest BCUT2D eigenvalue weighted by Crippen LogP contribution is 2.25. The number of nitrogens with two attached hydrogens (primary N) is 1. The molecule has 0 unspecified atom stereocenters. The zero-order chi connectivity index (χ0) is 18.8. The van der Waals surface area contributed by atoms with E-state index in [2.05, 4.69) is 10.3 Å². The molecular weight excluding hydrogens is 342 g/mol. The summed E-state index contributed by atoms with van der Waals surface area (Å²) in [6.07, 6.45) is 3.63. The molecule has 2 aromatic heterocycles. The predicted molar refractivity (Wildman–Crippen MR) is 101 cm³/mol. The van der Waals surface area contributed by atoms with E-state index in [1.165, 1.54) is 0 Å². The lowest BCUT2D eigenvalue weighted by Gasteiger charge is -2.32. The van der Waals surface area contributed by atoms with Crippen LogP contribution in [0.25, 0.3) is 11.3 Å². The fraction of sp³-hybridized carbons (Fsp3) is 0.350. The van der Waals surface area contributed by atoms with E-state index in [1.54, 1.807) is 0 Å². The van der Waals surface area contributed by atoms with E-state index in [1.807, 2.05) is 59.1 Å². The molecule has 7 nitrogen and oxygen atoms in total. The second kappa shape index (κ2) is 7.36. The molecule has 1 saturated heterocycles. The standard InChI is InChI=1S/C20H23N5O2/c1-14-2-7-19(27-14)15-3-5-16(6-4-15)20(26)24-10-8-18(9-11-24)25-13-17(12-21)22-23-25/h2-7,13,18H,8-12,21H2,1H3. The first-order chi connectivity index (χ1) is 13.1. The molecule has 4 rings (SSSR count). The number of amides is 1. The molecule has 27 heavy (non-hydrogen) atoms. The van der Waals surface area contributed by atoms with Crippen molar-refractivity contribution in [3.8, 4) is 11.3 Å². The fourth-order valence-corrected chi connectivity index (χ4v) is 3.47. The normalized spacial score (nSPS) is 15.3. The molecule has 2 N–H and O–H groups in total. The minimum Gasteiger partial charge on any atom is -0.461 e. The van der Waals surface area contributed by atoms with Crippen molar-refractivity contribution in [1.29, 1.82) is 0 Å². The Bertz CT molecular complexity index is 920. The highest BCUT2D eigenvalue weighted by molar-refractivity contribution is 5.94. The van der Waals surface area contributed by atoms with Crippen molar-refractivity contribution in [1.82, 2.24) is 19.9 Å². The Labute approximate surface area is 157 Å². The lowest BCUT2D eigenvalue weighted by Crippen LogP contribution is -2.39. The number of rotatable bonds is 4. The van der Waals surface area contributed by atoms with Crippen molar-refractivity contribution in [3.63, 3.8) is 0 Å². The number of nitrogens with zero attached hydrogens (tertiary/aromatic N) is 4. The minimum atomic E-state index is 0.0665. The van der Waals surface area contributed by atoms with Gasteiger partial charge in [-0.3, -0.25) is 4.79 Å².